The maximum absolute atomic E-state index is 12.0. The summed E-state index contributed by atoms with van der Waals surface area (Å²) >= 11 is 11.3. The molecular formula is C14H19Cl2NO2. The highest BCUT2D eigenvalue weighted by Gasteiger charge is 2.62. The summed E-state index contributed by atoms with van der Waals surface area (Å²) in [6, 6.07) is 0. The molecule has 2 fully saturated rings. The van der Waals surface area contributed by atoms with Gasteiger partial charge in [0.1, 0.15) is 4.49 Å². The largest absolute Gasteiger partial charge is 0.339 e. The molecule has 0 radical (unpaired) electrons. The zero-order valence-electron chi connectivity index (χ0n) is 11.3. The van der Waals surface area contributed by atoms with E-state index >= 15 is 0 Å². The first kappa shape index (κ1) is 14.9. The van der Waals surface area contributed by atoms with E-state index in [0.29, 0.717) is 0 Å². The molecule has 19 heavy (non-hydrogen) atoms. The van der Waals surface area contributed by atoms with Crippen molar-refractivity contribution in [2.75, 3.05) is 0 Å². The van der Waals surface area contributed by atoms with Crippen molar-refractivity contribution in [1.29, 1.82) is 0 Å². The third-order valence-electron chi connectivity index (χ3n) is 4.17. The Morgan fingerprint density at radius 1 is 1.32 bits per heavy atom. The van der Waals surface area contributed by atoms with E-state index in [2.05, 4.69) is 5.16 Å². The first-order valence-electron chi connectivity index (χ1n) is 6.72. The van der Waals surface area contributed by atoms with Crippen molar-refractivity contribution in [3.63, 3.8) is 0 Å². The average molecular weight is 304 g/mol. The molecule has 0 N–H and O–H groups in total. The van der Waals surface area contributed by atoms with Crippen LogP contribution in [0.2, 0.25) is 0 Å². The second-order valence-electron chi connectivity index (χ2n) is 5.91. The Kier molecular flexibility index (Phi) is 4.57. The molecule has 2 atom stereocenters. The summed E-state index contributed by atoms with van der Waals surface area (Å²) in [6.45, 7) is 4.01. The van der Waals surface area contributed by atoms with E-state index in [0.717, 1.165) is 31.4 Å². The molecule has 5 heteroatoms. The molecule has 0 aromatic rings. The lowest BCUT2D eigenvalue weighted by atomic mass is 9.99. The minimum atomic E-state index is -0.279. The minimum Gasteiger partial charge on any atom is -0.318 e. The Hall–Kier alpha value is -0.540. The van der Waals surface area contributed by atoms with Crippen molar-refractivity contribution in [2.24, 2.45) is 22.4 Å². The first-order valence-corrected chi connectivity index (χ1v) is 7.48. The number of hydrogen-bond acceptors (Lipinski definition) is 3. The van der Waals surface area contributed by atoms with Gasteiger partial charge in [0.05, 0.1) is 11.6 Å². The first-order chi connectivity index (χ1) is 8.93. The second kappa shape index (κ2) is 5.84. The number of carbonyl (C=O) groups is 1. The number of nitrogens with zero attached hydrogens (tertiary/aromatic N) is 1. The predicted octanol–water partition coefficient (Wildman–Crippen LogP) is 4.44. The topological polar surface area (TPSA) is 38.7 Å². The van der Waals surface area contributed by atoms with Gasteiger partial charge in [-0.15, -0.1) is 0 Å². The number of hydrogen-bond donors (Lipinski definition) is 0. The van der Waals surface area contributed by atoms with Gasteiger partial charge in [-0.05, 0) is 43.1 Å². The summed E-state index contributed by atoms with van der Waals surface area (Å²) in [7, 11) is 0. The van der Waals surface area contributed by atoms with Crippen LogP contribution in [0.3, 0.4) is 0 Å². The van der Waals surface area contributed by atoms with Gasteiger partial charge in [-0.25, -0.2) is 4.79 Å². The van der Waals surface area contributed by atoms with Crippen LogP contribution in [0.15, 0.2) is 15.7 Å². The average Bonchev–Trinajstić information content (AvgIpc) is 2.88. The molecule has 2 aliphatic carbocycles. The Morgan fingerprint density at radius 2 is 1.95 bits per heavy atom. The molecule has 0 bridgehead atoms. The summed E-state index contributed by atoms with van der Waals surface area (Å²) in [6.07, 6.45) is 7.11. The smallest absolute Gasteiger partial charge is 0.318 e. The summed E-state index contributed by atoms with van der Waals surface area (Å²) in [5.41, 5.74) is 0.847. The highest BCUT2D eigenvalue weighted by Crippen LogP contribution is 2.60. The van der Waals surface area contributed by atoms with Gasteiger partial charge in [0.2, 0.25) is 0 Å². The second-order valence-corrected chi connectivity index (χ2v) is 6.92. The molecule has 106 valence electrons. The Morgan fingerprint density at radius 3 is 2.53 bits per heavy atom. The van der Waals surface area contributed by atoms with Crippen molar-refractivity contribution in [3.05, 3.63) is 10.6 Å². The zero-order chi connectivity index (χ0) is 14.0. The molecule has 0 aliphatic heterocycles. The van der Waals surface area contributed by atoms with Gasteiger partial charge in [0.15, 0.2) is 0 Å². The standard InChI is InChI=1S/C14H19Cl2NO2/c1-14(2)10(8-11(15)16)12(14)13(18)19-17-9-6-4-3-5-7-9/h8,10,12H,3-7H2,1-2H3. The lowest BCUT2D eigenvalue weighted by Crippen LogP contribution is -2.11. The van der Waals surface area contributed by atoms with Crippen LogP contribution in [0.4, 0.5) is 0 Å². The van der Waals surface area contributed by atoms with Crippen molar-refractivity contribution >= 4 is 34.9 Å². The number of allylic oxidation sites excluding steroid dienone is 1. The van der Waals surface area contributed by atoms with Crippen molar-refractivity contribution < 1.29 is 9.63 Å². The third kappa shape index (κ3) is 3.51. The van der Waals surface area contributed by atoms with E-state index in [9.17, 15) is 4.79 Å². The molecular weight excluding hydrogens is 285 g/mol. The molecule has 2 rings (SSSR count). The van der Waals surface area contributed by atoms with E-state index < -0.39 is 0 Å². The van der Waals surface area contributed by atoms with Gasteiger partial charge in [0.25, 0.3) is 0 Å². The zero-order valence-corrected chi connectivity index (χ0v) is 12.8. The summed E-state index contributed by atoms with van der Waals surface area (Å²) in [5.74, 6) is -0.441. The van der Waals surface area contributed by atoms with E-state index in [1.54, 1.807) is 6.08 Å². The van der Waals surface area contributed by atoms with E-state index in [4.69, 9.17) is 28.0 Å². The van der Waals surface area contributed by atoms with Gasteiger partial charge in [-0.1, -0.05) is 48.6 Å². The number of halogens is 2. The van der Waals surface area contributed by atoms with Crippen LogP contribution in [0, 0.1) is 17.3 Å². The van der Waals surface area contributed by atoms with Crippen LogP contribution in [-0.2, 0) is 9.63 Å². The SMILES string of the molecule is CC1(C)C(C=C(Cl)Cl)C1C(=O)ON=C1CCCCC1. The van der Waals surface area contributed by atoms with Crippen LogP contribution >= 0.6 is 23.2 Å². The monoisotopic (exact) mass is 303 g/mol. The number of rotatable bonds is 3. The van der Waals surface area contributed by atoms with E-state index in [1.807, 2.05) is 13.8 Å². The van der Waals surface area contributed by atoms with Gasteiger partial charge < -0.3 is 4.84 Å². The third-order valence-corrected chi connectivity index (χ3v) is 4.42. The van der Waals surface area contributed by atoms with Crippen molar-refractivity contribution in [3.8, 4) is 0 Å². The van der Waals surface area contributed by atoms with Crippen LogP contribution < -0.4 is 0 Å². The number of oxime groups is 1. The quantitative estimate of drug-likeness (QED) is 0.571. The molecule has 3 nitrogen and oxygen atoms in total. The Bertz CT molecular complexity index is 417. The summed E-state index contributed by atoms with van der Waals surface area (Å²) in [4.78, 5) is 17.1. The van der Waals surface area contributed by atoms with Crippen LogP contribution in [0.1, 0.15) is 46.0 Å². The van der Waals surface area contributed by atoms with Crippen LogP contribution in [0.25, 0.3) is 0 Å². The van der Waals surface area contributed by atoms with Gasteiger partial charge in [-0.3, -0.25) is 0 Å². The highest BCUT2D eigenvalue weighted by atomic mass is 35.5. The molecule has 0 aromatic carbocycles. The fourth-order valence-electron chi connectivity index (χ4n) is 2.79. The lowest BCUT2D eigenvalue weighted by Gasteiger charge is -2.11. The van der Waals surface area contributed by atoms with Crippen LogP contribution in [0.5, 0.6) is 0 Å². The normalized spacial score (nSPS) is 28.5. The van der Waals surface area contributed by atoms with Gasteiger partial charge in [-0.2, -0.15) is 0 Å². The molecule has 0 spiro atoms. The fourth-order valence-corrected chi connectivity index (χ4v) is 3.06. The Labute approximate surface area is 124 Å². The predicted molar refractivity (Wildman–Crippen MR) is 77.2 cm³/mol. The Balaban J connectivity index is 1.92. The maximum Gasteiger partial charge on any atom is 0.339 e. The molecule has 2 unspecified atom stereocenters. The van der Waals surface area contributed by atoms with E-state index in [-0.39, 0.29) is 27.7 Å². The molecule has 0 amide bonds. The summed E-state index contributed by atoms with van der Waals surface area (Å²) < 4.78 is 0.201. The number of carbonyl (C=O) groups excluding carboxylic acids is 1. The minimum absolute atomic E-state index is 0.0385. The van der Waals surface area contributed by atoms with Crippen molar-refractivity contribution in [1.82, 2.24) is 0 Å². The lowest BCUT2D eigenvalue weighted by molar-refractivity contribution is -0.146. The fraction of sp³-hybridized carbons (Fsp3) is 0.714. The van der Waals surface area contributed by atoms with Gasteiger partial charge in [0, 0.05) is 0 Å². The summed E-state index contributed by atoms with van der Waals surface area (Å²) in [5, 5.41) is 4.00. The molecule has 0 aromatic heterocycles. The molecule has 2 aliphatic rings. The molecule has 2 saturated carbocycles. The van der Waals surface area contributed by atoms with Gasteiger partial charge >= 0.3 is 5.97 Å². The van der Waals surface area contributed by atoms with E-state index in [1.165, 1.54) is 6.42 Å². The van der Waals surface area contributed by atoms with Crippen LogP contribution in [-0.4, -0.2) is 11.7 Å². The van der Waals surface area contributed by atoms with Crippen molar-refractivity contribution in [2.45, 2.75) is 46.0 Å². The molecule has 0 heterocycles. The highest BCUT2D eigenvalue weighted by molar-refractivity contribution is 6.55. The molecule has 0 saturated heterocycles. The maximum atomic E-state index is 12.0.